The zero-order valence-electron chi connectivity index (χ0n) is 17.6. The molecule has 1 heterocycles. The molecule has 0 saturated carbocycles. The number of ether oxygens (including phenoxy) is 3. The van der Waals surface area contributed by atoms with Crippen molar-refractivity contribution < 1.29 is 14.2 Å². The molecule has 0 aromatic heterocycles. The number of methoxy groups -OCH3 is 1. The highest BCUT2D eigenvalue weighted by Crippen LogP contribution is 2.37. The standard InChI is InChI=1S/C25H27BrN2O3/c1-29-24-12-11-23(26)22(25(24)31-18-19-5-3-2-4-6-19)17-27-20-7-9-21(10-8-20)28-13-15-30-16-14-28/h2-12,27H,13-18H2,1H3. The highest BCUT2D eigenvalue weighted by atomic mass is 79.9. The molecule has 5 nitrogen and oxygen atoms in total. The second kappa shape index (κ2) is 10.6. The summed E-state index contributed by atoms with van der Waals surface area (Å²) in [6.45, 7) is 4.54. The molecule has 3 aromatic rings. The van der Waals surface area contributed by atoms with E-state index < -0.39 is 0 Å². The summed E-state index contributed by atoms with van der Waals surface area (Å²) >= 11 is 3.68. The van der Waals surface area contributed by atoms with Gasteiger partial charge in [-0.3, -0.25) is 0 Å². The van der Waals surface area contributed by atoms with Gasteiger partial charge in [-0.15, -0.1) is 0 Å². The summed E-state index contributed by atoms with van der Waals surface area (Å²) in [5.41, 5.74) is 4.42. The van der Waals surface area contributed by atoms with Crippen LogP contribution in [0.3, 0.4) is 0 Å². The van der Waals surface area contributed by atoms with Crippen LogP contribution in [-0.4, -0.2) is 33.4 Å². The van der Waals surface area contributed by atoms with Crippen molar-refractivity contribution in [2.75, 3.05) is 43.6 Å². The fraction of sp³-hybridized carbons (Fsp3) is 0.280. The molecule has 0 unspecified atom stereocenters. The summed E-state index contributed by atoms with van der Waals surface area (Å²) in [4.78, 5) is 2.35. The molecule has 1 saturated heterocycles. The molecule has 1 fully saturated rings. The molecule has 1 N–H and O–H groups in total. The van der Waals surface area contributed by atoms with Crippen molar-refractivity contribution in [3.63, 3.8) is 0 Å². The van der Waals surface area contributed by atoms with Crippen LogP contribution in [0.5, 0.6) is 11.5 Å². The Balaban J connectivity index is 1.47. The second-order valence-electron chi connectivity index (χ2n) is 7.33. The van der Waals surface area contributed by atoms with Gasteiger partial charge in [0.1, 0.15) is 6.61 Å². The van der Waals surface area contributed by atoms with Crippen LogP contribution in [0.25, 0.3) is 0 Å². The van der Waals surface area contributed by atoms with E-state index in [1.165, 1.54) is 5.69 Å². The monoisotopic (exact) mass is 482 g/mol. The van der Waals surface area contributed by atoms with Gasteiger partial charge in [-0.2, -0.15) is 0 Å². The molecule has 4 rings (SSSR count). The Labute approximate surface area is 192 Å². The van der Waals surface area contributed by atoms with Crippen molar-refractivity contribution in [2.45, 2.75) is 13.2 Å². The molecule has 31 heavy (non-hydrogen) atoms. The number of hydrogen-bond acceptors (Lipinski definition) is 5. The van der Waals surface area contributed by atoms with Crippen molar-refractivity contribution in [3.8, 4) is 11.5 Å². The molecular weight excluding hydrogens is 456 g/mol. The lowest BCUT2D eigenvalue weighted by molar-refractivity contribution is 0.122. The van der Waals surface area contributed by atoms with Crippen LogP contribution in [0.4, 0.5) is 11.4 Å². The number of rotatable bonds is 8. The SMILES string of the molecule is COc1ccc(Br)c(CNc2ccc(N3CCOCC3)cc2)c1OCc1ccccc1. The predicted molar refractivity (Wildman–Crippen MR) is 128 cm³/mol. The summed E-state index contributed by atoms with van der Waals surface area (Å²) in [5, 5.41) is 3.51. The summed E-state index contributed by atoms with van der Waals surface area (Å²) in [5.74, 6) is 1.47. The molecule has 1 aliphatic heterocycles. The van der Waals surface area contributed by atoms with Gasteiger partial charge in [-0.05, 0) is 42.0 Å². The van der Waals surface area contributed by atoms with E-state index in [-0.39, 0.29) is 0 Å². The Morgan fingerprint density at radius 1 is 0.968 bits per heavy atom. The summed E-state index contributed by atoms with van der Waals surface area (Å²) < 4.78 is 18.2. The first-order chi connectivity index (χ1) is 15.2. The van der Waals surface area contributed by atoms with Crippen LogP contribution < -0.4 is 19.7 Å². The molecule has 0 aliphatic carbocycles. The van der Waals surface area contributed by atoms with Crippen molar-refractivity contribution in [1.82, 2.24) is 0 Å². The Kier molecular flexibility index (Phi) is 7.33. The van der Waals surface area contributed by atoms with E-state index in [4.69, 9.17) is 14.2 Å². The fourth-order valence-electron chi connectivity index (χ4n) is 3.60. The Morgan fingerprint density at radius 2 is 1.71 bits per heavy atom. The number of halogens is 1. The second-order valence-corrected chi connectivity index (χ2v) is 8.19. The number of nitrogens with one attached hydrogen (secondary N) is 1. The summed E-state index contributed by atoms with van der Waals surface area (Å²) in [6.07, 6.45) is 0. The lowest BCUT2D eigenvalue weighted by Gasteiger charge is -2.29. The maximum absolute atomic E-state index is 6.20. The maximum Gasteiger partial charge on any atom is 0.167 e. The van der Waals surface area contributed by atoms with Crippen molar-refractivity contribution in [2.24, 2.45) is 0 Å². The lowest BCUT2D eigenvalue weighted by atomic mass is 10.1. The van der Waals surface area contributed by atoms with E-state index in [1.807, 2.05) is 30.3 Å². The molecule has 3 aromatic carbocycles. The minimum Gasteiger partial charge on any atom is -0.493 e. The molecular formula is C25H27BrN2O3. The van der Waals surface area contributed by atoms with E-state index in [0.717, 1.165) is 59.1 Å². The first-order valence-corrected chi connectivity index (χ1v) is 11.2. The van der Waals surface area contributed by atoms with Gasteiger partial charge in [0.15, 0.2) is 11.5 Å². The van der Waals surface area contributed by atoms with E-state index in [1.54, 1.807) is 7.11 Å². The van der Waals surface area contributed by atoms with Crippen molar-refractivity contribution >= 4 is 27.3 Å². The van der Waals surface area contributed by atoms with Crippen LogP contribution in [0.2, 0.25) is 0 Å². The summed E-state index contributed by atoms with van der Waals surface area (Å²) in [6, 6.07) is 22.6. The number of benzene rings is 3. The van der Waals surface area contributed by atoms with E-state index in [9.17, 15) is 0 Å². The van der Waals surface area contributed by atoms with Crippen LogP contribution in [0, 0.1) is 0 Å². The number of hydrogen-bond donors (Lipinski definition) is 1. The Morgan fingerprint density at radius 3 is 2.42 bits per heavy atom. The minimum absolute atomic E-state index is 0.481. The Bertz CT molecular complexity index is 974. The number of anilines is 2. The molecule has 0 radical (unpaired) electrons. The van der Waals surface area contributed by atoms with E-state index in [0.29, 0.717) is 13.2 Å². The third-order valence-electron chi connectivity index (χ3n) is 5.33. The zero-order valence-corrected chi connectivity index (χ0v) is 19.2. The van der Waals surface area contributed by atoms with E-state index >= 15 is 0 Å². The van der Waals surface area contributed by atoms with Gasteiger partial charge in [0.2, 0.25) is 0 Å². The third kappa shape index (κ3) is 5.51. The molecule has 1 aliphatic rings. The topological polar surface area (TPSA) is 43.0 Å². The molecule has 0 amide bonds. The first kappa shape index (κ1) is 21.5. The molecule has 0 spiro atoms. The number of morpholine rings is 1. The fourth-order valence-corrected chi connectivity index (χ4v) is 4.05. The van der Waals surface area contributed by atoms with Gasteiger partial charge in [0.25, 0.3) is 0 Å². The minimum atomic E-state index is 0.481. The predicted octanol–water partition coefficient (Wildman–Crippen LogP) is 5.49. The zero-order chi connectivity index (χ0) is 21.5. The molecule has 162 valence electrons. The van der Waals surface area contributed by atoms with Crippen molar-refractivity contribution in [3.05, 3.63) is 82.3 Å². The van der Waals surface area contributed by atoms with Crippen LogP contribution in [0.1, 0.15) is 11.1 Å². The van der Waals surface area contributed by atoms with Gasteiger partial charge in [0, 0.05) is 41.0 Å². The lowest BCUT2D eigenvalue weighted by Crippen LogP contribution is -2.36. The van der Waals surface area contributed by atoms with Gasteiger partial charge in [-0.25, -0.2) is 0 Å². The molecule has 0 bridgehead atoms. The van der Waals surface area contributed by atoms with Crippen LogP contribution in [0.15, 0.2) is 71.2 Å². The maximum atomic E-state index is 6.20. The van der Waals surface area contributed by atoms with Crippen LogP contribution in [-0.2, 0) is 17.9 Å². The molecule has 6 heteroatoms. The highest BCUT2D eigenvalue weighted by Gasteiger charge is 2.15. The van der Waals surface area contributed by atoms with Crippen LogP contribution >= 0.6 is 15.9 Å². The van der Waals surface area contributed by atoms with Gasteiger partial charge < -0.3 is 24.4 Å². The number of nitrogens with zero attached hydrogens (tertiary/aromatic N) is 1. The average Bonchev–Trinajstić information content (AvgIpc) is 2.83. The van der Waals surface area contributed by atoms with E-state index in [2.05, 4.69) is 62.5 Å². The smallest absolute Gasteiger partial charge is 0.167 e. The summed E-state index contributed by atoms with van der Waals surface area (Å²) in [7, 11) is 1.67. The molecule has 0 atom stereocenters. The average molecular weight is 483 g/mol. The Hall–Kier alpha value is -2.70. The van der Waals surface area contributed by atoms with Gasteiger partial charge in [-0.1, -0.05) is 46.3 Å². The quantitative estimate of drug-likeness (QED) is 0.460. The first-order valence-electron chi connectivity index (χ1n) is 10.4. The third-order valence-corrected chi connectivity index (χ3v) is 6.07. The highest BCUT2D eigenvalue weighted by molar-refractivity contribution is 9.10. The van der Waals surface area contributed by atoms with Crippen molar-refractivity contribution in [1.29, 1.82) is 0 Å². The van der Waals surface area contributed by atoms with Gasteiger partial charge in [0.05, 0.1) is 20.3 Å². The van der Waals surface area contributed by atoms with Gasteiger partial charge >= 0.3 is 0 Å². The normalized spacial score (nSPS) is 13.7. The largest absolute Gasteiger partial charge is 0.493 e.